The molecule has 3 N–H and O–H groups in total. The number of aryl methyl sites for hydroxylation is 1. The number of likely N-dealkylation sites (tertiary alicyclic amines) is 1. The highest BCUT2D eigenvalue weighted by atomic mass is 16.4. The molecule has 140 valence electrons. The van der Waals surface area contributed by atoms with Gasteiger partial charge in [0.25, 0.3) is 5.89 Å². The Kier molecular flexibility index (Phi) is 5.72. The van der Waals surface area contributed by atoms with E-state index in [4.69, 9.17) is 14.6 Å². The van der Waals surface area contributed by atoms with Crippen molar-refractivity contribution < 1.29 is 18.4 Å². The van der Waals surface area contributed by atoms with Gasteiger partial charge >= 0.3 is 0 Å². The van der Waals surface area contributed by atoms with E-state index in [9.17, 15) is 9.59 Å². The van der Waals surface area contributed by atoms with E-state index < -0.39 is 0 Å². The van der Waals surface area contributed by atoms with Gasteiger partial charge in [0.15, 0.2) is 5.76 Å². The Balaban J connectivity index is 1.62. The molecule has 3 heterocycles. The molecule has 1 atom stereocenters. The van der Waals surface area contributed by atoms with E-state index in [0.29, 0.717) is 49.3 Å². The number of hydrogen-bond donors (Lipinski definition) is 2. The van der Waals surface area contributed by atoms with Gasteiger partial charge in [-0.25, -0.2) is 4.98 Å². The maximum absolute atomic E-state index is 12.7. The van der Waals surface area contributed by atoms with Gasteiger partial charge in [-0.1, -0.05) is 0 Å². The number of carbonyl (C=O) groups excluding carboxylic acids is 2. The maximum atomic E-state index is 12.7. The predicted octanol–water partition coefficient (Wildman–Crippen LogP) is 1.10. The normalized spacial score (nSPS) is 17.3. The van der Waals surface area contributed by atoms with Crippen LogP contribution >= 0.6 is 0 Å². The maximum Gasteiger partial charge on any atom is 0.263 e. The molecule has 0 aromatic carbocycles. The Morgan fingerprint density at radius 1 is 1.46 bits per heavy atom. The van der Waals surface area contributed by atoms with Crippen LogP contribution in [0.25, 0.3) is 11.7 Å². The van der Waals surface area contributed by atoms with E-state index in [1.54, 1.807) is 30.2 Å². The minimum atomic E-state index is -0.184. The molecule has 3 rings (SSSR count). The first kappa shape index (κ1) is 18.2. The number of nitrogens with two attached hydrogens (primary N) is 1. The Bertz CT molecular complexity index is 753. The van der Waals surface area contributed by atoms with Crippen LogP contribution in [0.3, 0.4) is 0 Å². The molecule has 1 aliphatic rings. The molecule has 2 amide bonds. The molecule has 1 aliphatic heterocycles. The zero-order valence-corrected chi connectivity index (χ0v) is 14.9. The van der Waals surface area contributed by atoms with Crippen LogP contribution < -0.4 is 11.1 Å². The number of amides is 2. The second-order valence-electron chi connectivity index (χ2n) is 6.43. The molecule has 2 aromatic rings. The van der Waals surface area contributed by atoms with E-state index in [1.807, 2.05) is 0 Å². The van der Waals surface area contributed by atoms with Gasteiger partial charge in [0, 0.05) is 26.2 Å². The first-order valence-electron chi connectivity index (χ1n) is 8.84. The highest BCUT2D eigenvalue weighted by Crippen LogP contribution is 2.23. The fourth-order valence-electron chi connectivity index (χ4n) is 3.11. The molecule has 26 heavy (non-hydrogen) atoms. The van der Waals surface area contributed by atoms with Crippen LogP contribution in [0.4, 0.5) is 0 Å². The smallest absolute Gasteiger partial charge is 0.263 e. The summed E-state index contributed by atoms with van der Waals surface area (Å²) < 4.78 is 10.9. The summed E-state index contributed by atoms with van der Waals surface area (Å²) in [6.45, 7) is 3.72. The Morgan fingerprint density at radius 2 is 2.31 bits per heavy atom. The summed E-state index contributed by atoms with van der Waals surface area (Å²) in [4.78, 5) is 30.9. The third-order valence-electron chi connectivity index (χ3n) is 4.53. The number of furan rings is 1. The lowest BCUT2D eigenvalue weighted by molar-refractivity contribution is -0.135. The van der Waals surface area contributed by atoms with Gasteiger partial charge in [-0.15, -0.1) is 0 Å². The van der Waals surface area contributed by atoms with Crippen LogP contribution in [-0.2, 0) is 16.0 Å². The summed E-state index contributed by atoms with van der Waals surface area (Å²) in [5, 5.41) is 2.80. The van der Waals surface area contributed by atoms with Gasteiger partial charge in [-0.3, -0.25) is 9.59 Å². The number of aromatic nitrogens is 1. The molecular weight excluding hydrogens is 336 g/mol. The zero-order valence-electron chi connectivity index (χ0n) is 14.9. The van der Waals surface area contributed by atoms with Crippen LogP contribution in [0.1, 0.15) is 24.3 Å². The first-order chi connectivity index (χ1) is 12.6. The Morgan fingerprint density at radius 3 is 3.04 bits per heavy atom. The highest BCUT2D eigenvalue weighted by molar-refractivity contribution is 5.82. The fourth-order valence-corrected chi connectivity index (χ4v) is 3.11. The number of nitrogens with one attached hydrogen (secondary N) is 1. The molecule has 1 fully saturated rings. The lowest BCUT2D eigenvalue weighted by Crippen LogP contribution is -2.46. The van der Waals surface area contributed by atoms with Crippen molar-refractivity contribution in [2.75, 3.05) is 26.2 Å². The minimum Gasteiger partial charge on any atom is -0.459 e. The average Bonchev–Trinajstić information content (AvgIpc) is 3.30. The summed E-state index contributed by atoms with van der Waals surface area (Å²) >= 11 is 0. The van der Waals surface area contributed by atoms with Crippen molar-refractivity contribution in [3.63, 3.8) is 0 Å². The third-order valence-corrected chi connectivity index (χ3v) is 4.53. The number of rotatable bonds is 6. The quantitative estimate of drug-likeness (QED) is 0.797. The first-order valence-corrected chi connectivity index (χ1v) is 8.84. The molecule has 2 aromatic heterocycles. The van der Waals surface area contributed by atoms with E-state index in [2.05, 4.69) is 10.3 Å². The number of carbonyl (C=O) groups is 2. The second-order valence-corrected chi connectivity index (χ2v) is 6.43. The average molecular weight is 360 g/mol. The van der Waals surface area contributed by atoms with Gasteiger partial charge in [0.2, 0.25) is 11.8 Å². The van der Waals surface area contributed by atoms with Crippen LogP contribution in [0.5, 0.6) is 0 Å². The SMILES string of the molecule is Cc1oc(-c2ccco2)nc1CC(=O)N1CCCC(C(=O)NCCN)C1. The number of hydrogen-bond acceptors (Lipinski definition) is 6. The van der Waals surface area contributed by atoms with Crippen molar-refractivity contribution in [3.05, 3.63) is 29.9 Å². The molecule has 0 aliphatic carbocycles. The monoisotopic (exact) mass is 360 g/mol. The summed E-state index contributed by atoms with van der Waals surface area (Å²) in [6.07, 6.45) is 3.28. The van der Waals surface area contributed by atoms with Gasteiger partial charge < -0.3 is 24.8 Å². The lowest BCUT2D eigenvalue weighted by atomic mass is 9.96. The van der Waals surface area contributed by atoms with Gasteiger partial charge in [0.1, 0.15) is 5.76 Å². The molecule has 0 bridgehead atoms. The summed E-state index contributed by atoms with van der Waals surface area (Å²) in [5.41, 5.74) is 6.01. The largest absolute Gasteiger partial charge is 0.459 e. The van der Waals surface area contributed by atoms with Gasteiger partial charge in [0.05, 0.1) is 24.3 Å². The number of piperidine rings is 1. The second kappa shape index (κ2) is 8.18. The van der Waals surface area contributed by atoms with E-state index in [1.165, 1.54) is 0 Å². The van der Waals surface area contributed by atoms with E-state index in [-0.39, 0.29) is 24.2 Å². The third kappa shape index (κ3) is 4.13. The molecule has 1 unspecified atom stereocenters. The summed E-state index contributed by atoms with van der Waals surface area (Å²) in [7, 11) is 0. The van der Waals surface area contributed by atoms with Crippen LogP contribution in [0.2, 0.25) is 0 Å². The predicted molar refractivity (Wildman–Crippen MR) is 94.0 cm³/mol. The van der Waals surface area contributed by atoms with Crippen molar-refractivity contribution in [1.29, 1.82) is 0 Å². The van der Waals surface area contributed by atoms with E-state index in [0.717, 1.165) is 12.8 Å². The number of nitrogens with zero attached hydrogens (tertiary/aromatic N) is 2. The molecular formula is C18H24N4O4. The lowest BCUT2D eigenvalue weighted by Gasteiger charge is -2.32. The molecule has 8 nitrogen and oxygen atoms in total. The van der Waals surface area contributed by atoms with Gasteiger partial charge in [-0.05, 0) is 31.9 Å². The molecule has 8 heteroatoms. The molecule has 1 saturated heterocycles. The van der Waals surface area contributed by atoms with Crippen LogP contribution in [0.15, 0.2) is 27.2 Å². The van der Waals surface area contributed by atoms with Crippen LogP contribution in [-0.4, -0.2) is 47.9 Å². The van der Waals surface area contributed by atoms with Crippen molar-refractivity contribution in [3.8, 4) is 11.7 Å². The van der Waals surface area contributed by atoms with Gasteiger partial charge in [-0.2, -0.15) is 0 Å². The highest BCUT2D eigenvalue weighted by Gasteiger charge is 2.29. The van der Waals surface area contributed by atoms with E-state index >= 15 is 0 Å². The van der Waals surface area contributed by atoms with Crippen molar-refractivity contribution in [2.45, 2.75) is 26.2 Å². The Hall–Kier alpha value is -2.61. The summed E-state index contributed by atoms with van der Waals surface area (Å²) in [6, 6.07) is 3.51. The minimum absolute atomic E-state index is 0.0364. The fraction of sp³-hybridized carbons (Fsp3) is 0.500. The van der Waals surface area contributed by atoms with Crippen molar-refractivity contribution >= 4 is 11.8 Å². The summed E-state index contributed by atoms with van der Waals surface area (Å²) in [5.74, 6) is 1.22. The zero-order chi connectivity index (χ0) is 18.5. The molecule has 0 saturated carbocycles. The Labute approximate surface area is 151 Å². The van der Waals surface area contributed by atoms with Crippen LogP contribution in [0, 0.1) is 12.8 Å². The van der Waals surface area contributed by atoms with Crippen molar-refractivity contribution in [1.82, 2.24) is 15.2 Å². The molecule has 0 radical (unpaired) electrons. The number of oxazole rings is 1. The standard InChI is InChI=1S/C18H24N4O4/c1-12-14(21-18(26-12)15-5-3-9-25-15)10-16(23)22-8-2-4-13(11-22)17(24)20-7-6-19/h3,5,9,13H,2,4,6-8,10-11,19H2,1H3,(H,20,24). The molecule has 0 spiro atoms. The topological polar surface area (TPSA) is 115 Å². The van der Waals surface area contributed by atoms with Crippen molar-refractivity contribution in [2.24, 2.45) is 11.7 Å².